The Morgan fingerprint density at radius 1 is 1.26 bits per heavy atom. The fraction of sp³-hybridized carbons (Fsp3) is 0.227. The summed E-state index contributed by atoms with van der Waals surface area (Å²) in [5, 5.41) is 15.0. The van der Waals surface area contributed by atoms with Crippen molar-refractivity contribution in [1.29, 1.82) is 0 Å². The molecule has 1 aliphatic rings. The zero-order valence-corrected chi connectivity index (χ0v) is 19.0. The van der Waals surface area contributed by atoms with E-state index in [2.05, 4.69) is 25.0 Å². The van der Waals surface area contributed by atoms with E-state index in [0.717, 1.165) is 6.20 Å². The van der Waals surface area contributed by atoms with Gasteiger partial charge in [-0.3, -0.25) is 0 Å². The van der Waals surface area contributed by atoms with Crippen LogP contribution in [0.5, 0.6) is 5.75 Å². The van der Waals surface area contributed by atoms with Crippen LogP contribution in [0.2, 0.25) is 0 Å². The van der Waals surface area contributed by atoms with Gasteiger partial charge in [-0.1, -0.05) is 10.1 Å². The molecule has 12 heteroatoms. The summed E-state index contributed by atoms with van der Waals surface area (Å²) in [6, 6.07) is 9.03. The van der Waals surface area contributed by atoms with E-state index in [9.17, 15) is 18.1 Å². The fourth-order valence-corrected chi connectivity index (χ4v) is 4.89. The smallest absolute Gasteiger partial charge is 0.437 e. The molecular formula is C22H23F2N5O4S. The zero-order valence-electron chi connectivity index (χ0n) is 18.1. The Hall–Kier alpha value is -3.64. The number of nitrogens with one attached hydrogen (secondary N) is 2. The highest BCUT2D eigenvalue weighted by molar-refractivity contribution is 7.98. The van der Waals surface area contributed by atoms with Crippen LogP contribution in [0.1, 0.15) is 12.0 Å². The van der Waals surface area contributed by atoms with Crippen molar-refractivity contribution >= 4 is 33.5 Å². The predicted molar refractivity (Wildman–Crippen MR) is 127 cm³/mol. The standard InChI is InChI=1S/C22H23F2N5O4S/c1-34(32,29-22(30)31)12-13-7-15-10-16(8-13)33-6-2-5-25-19-9-14(23)3-4-17(19)20-18(24)11-26-21(27-15)28-20/h3-4,7-11,25,34H,2,5-6,12H2,1H3,(H,29,32)(H,30,31)(H,26,27,28). The Balaban J connectivity index is 1.76. The molecule has 1 aromatic heterocycles. The summed E-state index contributed by atoms with van der Waals surface area (Å²) >= 11 is 0. The molecule has 0 radical (unpaired) electrons. The molecule has 4 bridgehead atoms. The number of anilines is 3. The first-order chi connectivity index (χ1) is 16.2. The first-order valence-corrected chi connectivity index (χ1v) is 12.7. The predicted octanol–water partition coefficient (Wildman–Crippen LogP) is 4.71. The van der Waals surface area contributed by atoms with Crippen molar-refractivity contribution < 1.29 is 28.0 Å². The van der Waals surface area contributed by atoms with Crippen molar-refractivity contribution in [2.45, 2.75) is 12.2 Å². The van der Waals surface area contributed by atoms with Gasteiger partial charge in [-0.05, 0) is 48.6 Å². The SMILES string of the molecule is C[SH](O)(Cc1cc2cc(c1)OCCCNc1cc(F)ccc1-c1nc(ncc1F)N2)=NC(=O)O. The molecule has 2 aromatic carbocycles. The number of halogens is 2. The van der Waals surface area contributed by atoms with Crippen LogP contribution >= 0.6 is 0 Å². The van der Waals surface area contributed by atoms with E-state index in [0.29, 0.717) is 47.8 Å². The number of aromatic nitrogens is 2. The first-order valence-electron chi connectivity index (χ1n) is 10.3. The van der Waals surface area contributed by atoms with Gasteiger partial charge < -0.3 is 25.0 Å². The third kappa shape index (κ3) is 5.83. The number of rotatable bonds is 2. The molecule has 0 atom stereocenters. The molecule has 0 saturated heterocycles. The monoisotopic (exact) mass is 491 g/mol. The largest absolute Gasteiger partial charge is 0.493 e. The molecule has 0 aliphatic carbocycles. The number of hydrogen-bond acceptors (Lipinski definition) is 6. The minimum absolute atomic E-state index is 0.00111. The molecule has 0 saturated carbocycles. The molecule has 0 spiro atoms. The molecular weight excluding hydrogens is 468 g/mol. The summed E-state index contributed by atoms with van der Waals surface area (Å²) < 4.78 is 48.2. The molecule has 1 amide bonds. The van der Waals surface area contributed by atoms with Crippen LogP contribution < -0.4 is 15.4 Å². The highest BCUT2D eigenvalue weighted by Crippen LogP contribution is 2.31. The second-order valence-corrected chi connectivity index (χ2v) is 10.5. The molecule has 4 rings (SSSR count). The van der Waals surface area contributed by atoms with Gasteiger partial charge in [0.25, 0.3) is 0 Å². The Labute approximate surface area is 195 Å². The number of ether oxygens (including phenoxy) is 1. The van der Waals surface area contributed by atoms with Crippen LogP contribution in [-0.2, 0) is 15.9 Å². The average Bonchev–Trinajstić information content (AvgIpc) is 2.73. The highest BCUT2D eigenvalue weighted by Gasteiger charge is 2.16. The molecule has 2 heterocycles. The molecule has 3 aromatic rings. The third-order valence-electron chi connectivity index (χ3n) is 4.89. The van der Waals surface area contributed by atoms with Crippen LogP contribution in [0.4, 0.5) is 30.9 Å². The topological polar surface area (TPSA) is 129 Å². The van der Waals surface area contributed by atoms with Gasteiger partial charge >= 0.3 is 6.09 Å². The van der Waals surface area contributed by atoms with Gasteiger partial charge in [0.05, 0.1) is 12.8 Å². The van der Waals surface area contributed by atoms with E-state index < -0.39 is 27.8 Å². The summed E-state index contributed by atoms with van der Waals surface area (Å²) in [5.74, 6) is -0.556. The number of hydrogen-bond donors (Lipinski definition) is 5. The summed E-state index contributed by atoms with van der Waals surface area (Å²) in [5.41, 5.74) is 1.87. The maximum absolute atomic E-state index is 14.6. The lowest BCUT2D eigenvalue weighted by molar-refractivity contribution is 0.206. The maximum atomic E-state index is 14.6. The van der Waals surface area contributed by atoms with Crippen LogP contribution in [0.3, 0.4) is 0 Å². The van der Waals surface area contributed by atoms with Gasteiger partial charge in [0.15, 0.2) is 5.82 Å². The Morgan fingerprint density at radius 2 is 2.09 bits per heavy atom. The minimum Gasteiger partial charge on any atom is -0.493 e. The van der Waals surface area contributed by atoms with Gasteiger partial charge in [-0.15, -0.1) is 0 Å². The molecule has 1 aliphatic heterocycles. The second kappa shape index (κ2) is 9.69. The molecule has 34 heavy (non-hydrogen) atoms. The molecule has 4 N–H and O–H groups in total. The number of thiol groups is 1. The molecule has 180 valence electrons. The number of carbonyl (C=O) groups is 1. The molecule has 0 fully saturated rings. The Bertz CT molecular complexity index is 1300. The van der Waals surface area contributed by atoms with E-state index in [1.54, 1.807) is 18.2 Å². The second-order valence-electron chi connectivity index (χ2n) is 7.83. The molecule has 0 unspecified atom stereocenters. The van der Waals surface area contributed by atoms with E-state index in [1.165, 1.54) is 24.5 Å². The van der Waals surface area contributed by atoms with E-state index >= 15 is 0 Å². The van der Waals surface area contributed by atoms with Crippen LogP contribution in [0.25, 0.3) is 11.3 Å². The number of fused-ring (bicyclic) bond motifs is 6. The highest BCUT2D eigenvalue weighted by atomic mass is 32.3. The third-order valence-corrected chi connectivity index (χ3v) is 6.46. The van der Waals surface area contributed by atoms with Crippen molar-refractivity contribution in [1.82, 2.24) is 9.97 Å². The summed E-state index contributed by atoms with van der Waals surface area (Å²) in [7, 11) is -3.10. The number of benzene rings is 2. The van der Waals surface area contributed by atoms with Gasteiger partial charge in [0, 0.05) is 35.3 Å². The van der Waals surface area contributed by atoms with Gasteiger partial charge in [-0.25, -0.2) is 23.5 Å². The fourth-order valence-electron chi connectivity index (χ4n) is 3.57. The zero-order chi connectivity index (χ0) is 24.3. The maximum Gasteiger partial charge on any atom is 0.437 e. The van der Waals surface area contributed by atoms with Crippen molar-refractivity contribution in [3.05, 3.63) is 59.8 Å². The normalized spacial score (nSPS) is 13.9. The Morgan fingerprint density at radius 3 is 2.88 bits per heavy atom. The van der Waals surface area contributed by atoms with Crippen LogP contribution in [0.15, 0.2) is 47.0 Å². The van der Waals surface area contributed by atoms with E-state index in [-0.39, 0.29) is 17.4 Å². The summed E-state index contributed by atoms with van der Waals surface area (Å²) in [6.45, 7) is 0.750. The quantitative estimate of drug-likeness (QED) is 0.326. The first kappa shape index (κ1) is 23.5. The summed E-state index contributed by atoms with van der Waals surface area (Å²) in [4.78, 5) is 19.2. The number of amides is 1. The average molecular weight is 492 g/mol. The number of nitrogens with zero attached hydrogens (tertiary/aromatic N) is 3. The van der Waals surface area contributed by atoms with Gasteiger partial charge in [0.2, 0.25) is 5.95 Å². The lowest BCUT2D eigenvalue weighted by Gasteiger charge is -2.19. The lowest BCUT2D eigenvalue weighted by atomic mass is 10.1. The van der Waals surface area contributed by atoms with Crippen molar-refractivity contribution in [3.8, 4) is 17.0 Å². The van der Waals surface area contributed by atoms with Crippen molar-refractivity contribution in [2.24, 2.45) is 4.36 Å². The number of carboxylic acid groups (broad SMARTS) is 1. The van der Waals surface area contributed by atoms with Crippen molar-refractivity contribution in [2.75, 3.05) is 30.0 Å². The summed E-state index contributed by atoms with van der Waals surface area (Å²) in [6.07, 6.45) is 1.54. The van der Waals surface area contributed by atoms with Gasteiger partial charge in [-0.2, -0.15) is 4.36 Å². The van der Waals surface area contributed by atoms with Gasteiger partial charge in [0.1, 0.15) is 17.3 Å². The molecule has 9 nitrogen and oxygen atoms in total. The lowest BCUT2D eigenvalue weighted by Crippen LogP contribution is -2.14. The van der Waals surface area contributed by atoms with Crippen LogP contribution in [0, 0.1) is 11.6 Å². The van der Waals surface area contributed by atoms with Crippen LogP contribution in [-0.4, -0.2) is 45.1 Å². The van der Waals surface area contributed by atoms with Crippen molar-refractivity contribution in [3.63, 3.8) is 0 Å². The minimum atomic E-state index is -3.10. The Kier molecular flexibility index (Phi) is 6.70. The van der Waals surface area contributed by atoms with E-state index in [1.807, 2.05) is 0 Å². The van der Waals surface area contributed by atoms with E-state index in [4.69, 9.17) is 9.84 Å².